The van der Waals surface area contributed by atoms with Crippen molar-refractivity contribution in [3.63, 3.8) is 0 Å². The van der Waals surface area contributed by atoms with Gasteiger partial charge in [0.25, 0.3) is 0 Å². The lowest BCUT2D eigenvalue weighted by Gasteiger charge is -2.04. The summed E-state index contributed by atoms with van der Waals surface area (Å²) in [4.78, 5) is 20.2. The van der Waals surface area contributed by atoms with Crippen molar-refractivity contribution in [2.75, 3.05) is 12.4 Å². The van der Waals surface area contributed by atoms with Crippen LogP contribution in [0.25, 0.3) is 11.3 Å². The van der Waals surface area contributed by atoms with Gasteiger partial charge in [0.2, 0.25) is 11.8 Å². The standard InChI is InChI=1S/C18H17N3O3/c1-23-17-9-7-14(11-19-17)21-16(22)8-10-18-20-12-15(24-18)13-5-3-2-4-6-13/h2-7,9,11-12H,8,10H2,1H3,(H,21,22). The molecule has 0 fully saturated rings. The minimum Gasteiger partial charge on any atom is -0.481 e. The number of anilines is 1. The topological polar surface area (TPSA) is 77.2 Å². The van der Waals surface area contributed by atoms with Crippen molar-refractivity contribution >= 4 is 11.6 Å². The van der Waals surface area contributed by atoms with Crippen molar-refractivity contribution < 1.29 is 13.9 Å². The summed E-state index contributed by atoms with van der Waals surface area (Å²) in [6.45, 7) is 0. The van der Waals surface area contributed by atoms with Crippen molar-refractivity contribution in [1.29, 1.82) is 0 Å². The zero-order valence-electron chi connectivity index (χ0n) is 13.2. The molecule has 122 valence electrons. The number of carbonyl (C=O) groups excluding carboxylic acids is 1. The maximum atomic E-state index is 12.0. The maximum absolute atomic E-state index is 12.0. The molecular weight excluding hydrogens is 306 g/mol. The lowest BCUT2D eigenvalue weighted by Crippen LogP contribution is -2.12. The average molecular weight is 323 g/mol. The number of hydrogen-bond donors (Lipinski definition) is 1. The van der Waals surface area contributed by atoms with E-state index in [1.54, 1.807) is 31.6 Å². The number of amides is 1. The second kappa shape index (κ2) is 7.41. The zero-order valence-corrected chi connectivity index (χ0v) is 13.2. The van der Waals surface area contributed by atoms with Gasteiger partial charge < -0.3 is 14.5 Å². The Morgan fingerprint density at radius 3 is 2.67 bits per heavy atom. The molecule has 0 saturated carbocycles. The van der Waals surface area contributed by atoms with Gasteiger partial charge >= 0.3 is 0 Å². The second-order valence-corrected chi connectivity index (χ2v) is 5.12. The summed E-state index contributed by atoms with van der Waals surface area (Å²) < 4.78 is 10.7. The van der Waals surface area contributed by atoms with E-state index >= 15 is 0 Å². The highest BCUT2D eigenvalue weighted by Gasteiger charge is 2.09. The van der Waals surface area contributed by atoms with Gasteiger partial charge in [-0.2, -0.15) is 0 Å². The van der Waals surface area contributed by atoms with E-state index in [1.165, 1.54) is 0 Å². The van der Waals surface area contributed by atoms with Gasteiger partial charge in [0, 0.05) is 24.5 Å². The van der Waals surface area contributed by atoms with Gasteiger partial charge in [0.1, 0.15) is 0 Å². The molecule has 0 aliphatic carbocycles. The first kappa shape index (κ1) is 15.7. The molecule has 24 heavy (non-hydrogen) atoms. The molecule has 2 aromatic heterocycles. The van der Waals surface area contributed by atoms with Crippen LogP contribution in [0.15, 0.2) is 59.3 Å². The third-order valence-electron chi connectivity index (χ3n) is 3.41. The summed E-state index contributed by atoms with van der Waals surface area (Å²) in [5, 5.41) is 2.78. The molecular formula is C18H17N3O3. The number of pyridine rings is 1. The number of ether oxygens (including phenoxy) is 1. The van der Waals surface area contributed by atoms with Crippen molar-refractivity contribution in [2.45, 2.75) is 12.8 Å². The molecule has 0 saturated heterocycles. The van der Waals surface area contributed by atoms with E-state index in [0.717, 1.165) is 5.56 Å². The molecule has 0 aliphatic heterocycles. The highest BCUT2D eigenvalue weighted by atomic mass is 16.5. The Bertz CT molecular complexity index is 798. The predicted molar refractivity (Wildman–Crippen MR) is 89.7 cm³/mol. The normalized spacial score (nSPS) is 10.4. The number of aryl methyl sites for hydroxylation is 1. The molecule has 0 unspecified atom stereocenters. The molecule has 0 bridgehead atoms. The Balaban J connectivity index is 1.53. The minimum atomic E-state index is -0.124. The van der Waals surface area contributed by atoms with E-state index < -0.39 is 0 Å². The fraction of sp³-hybridized carbons (Fsp3) is 0.167. The van der Waals surface area contributed by atoms with Gasteiger partial charge in [0.15, 0.2) is 11.7 Å². The lowest BCUT2D eigenvalue weighted by atomic mass is 10.2. The summed E-state index contributed by atoms with van der Waals surface area (Å²) in [5.41, 5.74) is 1.59. The van der Waals surface area contributed by atoms with Crippen LogP contribution >= 0.6 is 0 Å². The van der Waals surface area contributed by atoms with Gasteiger partial charge in [-0.3, -0.25) is 4.79 Å². The monoisotopic (exact) mass is 323 g/mol. The third-order valence-corrected chi connectivity index (χ3v) is 3.41. The van der Waals surface area contributed by atoms with Gasteiger partial charge in [-0.1, -0.05) is 30.3 Å². The minimum absolute atomic E-state index is 0.124. The number of rotatable bonds is 6. The van der Waals surface area contributed by atoms with E-state index in [0.29, 0.717) is 29.6 Å². The molecule has 1 amide bonds. The highest BCUT2D eigenvalue weighted by molar-refractivity contribution is 5.90. The Hall–Kier alpha value is -3.15. The summed E-state index contributed by atoms with van der Waals surface area (Å²) >= 11 is 0. The van der Waals surface area contributed by atoms with Gasteiger partial charge in [-0.05, 0) is 6.07 Å². The van der Waals surface area contributed by atoms with Crippen LogP contribution in [-0.2, 0) is 11.2 Å². The van der Waals surface area contributed by atoms with Crippen LogP contribution in [0.1, 0.15) is 12.3 Å². The molecule has 0 aliphatic rings. The first-order valence-corrected chi connectivity index (χ1v) is 7.54. The Morgan fingerprint density at radius 1 is 1.12 bits per heavy atom. The molecule has 6 nitrogen and oxygen atoms in total. The van der Waals surface area contributed by atoms with Crippen LogP contribution in [0, 0.1) is 0 Å². The Labute approximate surface area is 139 Å². The number of carbonyl (C=O) groups is 1. The van der Waals surface area contributed by atoms with Crippen LogP contribution in [-0.4, -0.2) is 23.0 Å². The van der Waals surface area contributed by atoms with Crippen molar-refractivity contribution in [3.05, 3.63) is 60.7 Å². The Kier molecular flexibility index (Phi) is 4.86. The number of methoxy groups -OCH3 is 1. The summed E-state index contributed by atoms with van der Waals surface area (Å²) in [6, 6.07) is 13.2. The van der Waals surface area contributed by atoms with E-state index in [9.17, 15) is 4.79 Å². The third kappa shape index (κ3) is 3.98. The number of aromatic nitrogens is 2. The maximum Gasteiger partial charge on any atom is 0.224 e. The van der Waals surface area contributed by atoms with Crippen LogP contribution < -0.4 is 10.1 Å². The summed E-state index contributed by atoms with van der Waals surface area (Å²) in [5.74, 6) is 1.62. The molecule has 3 rings (SSSR count). The predicted octanol–water partition coefficient (Wildman–Crippen LogP) is 3.32. The first-order chi connectivity index (χ1) is 11.7. The second-order valence-electron chi connectivity index (χ2n) is 5.12. The van der Waals surface area contributed by atoms with E-state index in [1.807, 2.05) is 30.3 Å². The number of nitrogens with zero attached hydrogens (tertiary/aromatic N) is 2. The van der Waals surface area contributed by atoms with Crippen LogP contribution in [0.5, 0.6) is 5.88 Å². The first-order valence-electron chi connectivity index (χ1n) is 7.54. The van der Waals surface area contributed by atoms with Crippen molar-refractivity contribution in [1.82, 2.24) is 9.97 Å². The molecule has 0 spiro atoms. The molecule has 2 heterocycles. The summed E-state index contributed by atoms with van der Waals surface area (Å²) in [7, 11) is 1.54. The molecule has 3 aromatic rings. The van der Waals surface area contributed by atoms with Crippen molar-refractivity contribution in [3.8, 4) is 17.2 Å². The van der Waals surface area contributed by atoms with Gasteiger partial charge in [0.05, 0.1) is 25.2 Å². The van der Waals surface area contributed by atoms with E-state index in [4.69, 9.17) is 9.15 Å². The smallest absolute Gasteiger partial charge is 0.224 e. The van der Waals surface area contributed by atoms with Crippen LogP contribution in [0.3, 0.4) is 0 Å². The van der Waals surface area contributed by atoms with E-state index in [2.05, 4.69) is 15.3 Å². The van der Waals surface area contributed by atoms with Crippen LogP contribution in [0.4, 0.5) is 5.69 Å². The lowest BCUT2D eigenvalue weighted by molar-refractivity contribution is -0.116. The van der Waals surface area contributed by atoms with Gasteiger partial charge in [-0.15, -0.1) is 0 Å². The number of oxazole rings is 1. The number of hydrogen-bond acceptors (Lipinski definition) is 5. The SMILES string of the molecule is COc1ccc(NC(=O)CCc2ncc(-c3ccccc3)o2)cn1. The fourth-order valence-electron chi connectivity index (χ4n) is 2.18. The van der Waals surface area contributed by atoms with Crippen molar-refractivity contribution in [2.24, 2.45) is 0 Å². The fourth-order valence-corrected chi connectivity index (χ4v) is 2.18. The number of nitrogens with one attached hydrogen (secondary N) is 1. The van der Waals surface area contributed by atoms with Crippen LogP contribution in [0.2, 0.25) is 0 Å². The zero-order chi connectivity index (χ0) is 16.8. The highest BCUT2D eigenvalue weighted by Crippen LogP contribution is 2.20. The Morgan fingerprint density at radius 2 is 1.96 bits per heavy atom. The average Bonchev–Trinajstić information content (AvgIpc) is 3.10. The van der Waals surface area contributed by atoms with Gasteiger partial charge in [-0.25, -0.2) is 9.97 Å². The molecule has 0 atom stereocenters. The molecule has 6 heteroatoms. The molecule has 1 N–H and O–H groups in total. The molecule has 0 radical (unpaired) electrons. The summed E-state index contributed by atoms with van der Waals surface area (Å²) in [6.07, 6.45) is 3.94. The largest absolute Gasteiger partial charge is 0.481 e. The quantitative estimate of drug-likeness (QED) is 0.753. The molecule has 1 aromatic carbocycles. The number of benzene rings is 1. The van der Waals surface area contributed by atoms with E-state index in [-0.39, 0.29) is 12.3 Å².